The molecule has 4 nitrogen and oxygen atoms in total. The lowest BCUT2D eigenvalue weighted by Crippen LogP contribution is -2.56. The Morgan fingerprint density at radius 3 is 1.17 bits per heavy atom. The summed E-state index contributed by atoms with van der Waals surface area (Å²) in [6.07, 6.45) is 16.1. The number of benzene rings is 1. The van der Waals surface area contributed by atoms with Crippen LogP contribution in [-0.2, 0) is 0 Å². The Kier molecular flexibility index (Phi) is 5.39. The van der Waals surface area contributed by atoms with Crippen LogP contribution in [0.15, 0.2) is 24.3 Å². The zero-order valence-corrected chi connectivity index (χ0v) is 22.2. The molecule has 9 rings (SSSR count). The summed E-state index contributed by atoms with van der Waals surface area (Å²) in [7, 11) is 0. The van der Waals surface area contributed by atoms with Gasteiger partial charge in [0.2, 0.25) is 0 Å². The predicted octanol–water partition coefficient (Wildman–Crippen LogP) is 6.36. The van der Waals surface area contributed by atoms with Crippen molar-refractivity contribution in [3.63, 3.8) is 0 Å². The molecule has 1 aromatic rings. The van der Waals surface area contributed by atoms with Crippen molar-refractivity contribution < 1.29 is 9.59 Å². The minimum atomic E-state index is -0.0774. The van der Waals surface area contributed by atoms with Crippen LogP contribution < -0.4 is 10.6 Å². The van der Waals surface area contributed by atoms with Gasteiger partial charge in [0.1, 0.15) is 0 Å². The minimum absolute atomic E-state index is 0.0774. The van der Waals surface area contributed by atoms with Crippen LogP contribution in [0.1, 0.15) is 112 Å². The summed E-state index contributed by atoms with van der Waals surface area (Å²) in [5.74, 6) is 5.01. The molecule has 8 saturated carbocycles. The molecule has 2 atom stereocenters. The number of hydrogen-bond acceptors (Lipinski definition) is 2. The molecule has 0 unspecified atom stereocenters. The third-order valence-electron chi connectivity index (χ3n) is 12.1. The molecule has 0 saturated heterocycles. The van der Waals surface area contributed by atoms with Gasteiger partial charge in [-0.15, -0.1) is 0 Å². The van der Waals surface area contributed by atoms with Crippen LogP contribution in [0.2, 0.25) is 0 Å². The first kappa shape index (κ1) is 23.3. The fourth-order valence-electron chi connectivity index (χ4n) is 11.2. The molecule has 36 heavy (non-hydrogen) atoms. The van der Waals surface area contributed by atoms with Crippen molar-refractivity contribution in [2.45, 2.75) is 103 Å². The monoisotopic (exact) mass is 488 g/mol. The molecular weight excluding hydrogens is 444 g/mol. The van der Waals surface area contributed by atoms with Crippen molar-refractivity contribution in [1.29, 1.82) is 0 Å². The summed E-state index contributed by atoms with van der Waals surface area (Å²) in [4.78, 5) is 27.2. The van der Waals surface area contributed by atoms with E-state index in [1.54, 1.807) is 0 Å². The van der Waals surface area contributed by atoms with E-state index in [0.29, 0.717) is 11.1 Å². The van der Waals surface area contributed by atoms with E-state index in [1.807, 2.05) is 24.3 Å². The standard InChI is InChI=1S/C32H44N2O2/c1-19(31-13-21-7-22(14-31)9-23(8-21)15-31)33-29(35)27-5-3-4-6-28(27)30(36)34-20(2)32-16-24-10-25(17-32)12-26(11-24)18-32/h3-6,19-26H,7-18H2,1-2H3,(H,33,35)(H,34,36)/t19-,20-,21?,22?,23?,24?,25?,26?,31?,32?/m1/s1. The van der Waals surface area contributed by atoms with Gasteiger partial charge >= 0.3 is 0 Å². The van der Waals surface area contributed by atoms with E-state index in [0.717, 1.165) is 35.5 Å². The fourth-order valence-corrected chi connectivity index (χ4v) is 11.2. The molecule has 194 valence electrons. The first-order chi connectivity index (χ1) is 17.3. The van der Waals surface area contributed by atoms with Gasteiger partial charge in [0.15, 0.2) is 0 Å². The lowest BCUT2D eigenvalue weighted by Gasteiger charge is -2.59. The lowest BCUT2D eigenvalue weighted by molar-refractivity contribution is -0.0689. The highest BCUT2D eigenvalue weighted by molar-refractivity contribution is 6.07. The van der Waals surface area contributed by atoms with Gasteiger partial charge in [-0.25, -0.2) is 0 Å². The first-order valence-corrected chi connectivity index (χ1v) is 15.0. The highest BCUT2D eigenvalue weighted by Gasteiger charge is 2.54. The molecule has 4 heteroatoms. The van der Waals surface area contributed by atoms with Crippen molar-refractivity contribution in [3.05, 3.63) is 35.4 Å². The maximum Gasteiger partial charge on any atom is 0.252 e. The number of hydrogen-bond donors (Lipinski definition) is 2. The maximum atomic E-state index is 13.6. The van der Waals surface area contributed by atoms with Gasteiger partial charge in [-0.1, -0.05) is 12.1 Å². The van der Waals surface area contributed by atoms with Crippen molar-refractivity contribution in [2.24, 2.45) is 46.3 Å². The Morgan fingerprint density at radius 2 is 0.889 bits per heavy atom. The van der Waals surface area contributed by atoms with Crippen LogP contribution in [0, 0.1) is 46.3 Å². The molecule has 8 aliphatic rings. The predicted molar refractivity (Wildman–Crippen MR) is 142 cm³/mol. The molecule has 0 aromatic heterocycles. The quantitative estimate of drug-likeness (QED) is 0.490. The van der Waals surface area contributed by atoms with Crippen LogP contribution in [-0.4, -0.2) is 23.9 Å². The Balaban J connectivity index is 1.06. The molecule has 2 amide bonds. The van der Waals surface area contributed by atoms with Crippen LogP contribution in [0.3, 0.4) is 0 Å². The average Bonchev–Trinajstić information content (AvgIpc) is 2.82. The summed E-state index contributed by atoms with van der Waals surface area (Å²) in [6.45, 7) is 4.45. The molecule has 0 spiro atoms. The number of rotatable bonds is 6. The van der Waals surface area contributed by atoms with E-state index >= 15 is 0 Å². The molecule has 0 radical (unpaired) electrons. The van der Waals surface area contributed by atoms with E-state index in [4.69, 9.17) is 0 Å². The summed E-state index contributed by atoms with van der Waals surface area (Å²) in [5, 5.41) is 6.78. The van der Waals surface area contributed by atoms with E-state index in [9.17, 15) is 9.59 Å². The zero-order valence-electron chi connectivity index (χ0n) is 22.2. The summed E-state index contributed by atoms with van der Waals surface area (Å²) < 4.78 is 0. The van der Waals surface area contributed by atoms with Gasteiger partial charge in [0.05, 0.1) is 11.1 Å². The van der Waals surface area contributed by atoms with Crippen LogP contribution in [0.25, 0.3) is 0 Å². The van der Waals surface area contributed by atoms with E-state index in [2.05, 4.69) is 24.5 Å². The second-order valence-electron chi connectivity index (χ2n) is 14.5. The summed E-state index contributed by atoms with van der Waals surface area (Å²) in [6, 6.07) is 7.77. The molecule has 0 heterocycles. The molecule has 0 aliphatic heterocycles. The molecule has 8 aliphatic carbocycles. The molecule has 8 fully saturated rings. The molecule has 1 aromatic carbocycles. The second kappa shape index (κ2) is 8.33. The van der Waals surface area contributed by atoms with Crippen molar-refractivity contribution in [3.8, 4) is 0 Å². The number of carbonyl (C=O) groups excluding carboxylic acids is 2. The van der Waals surface area contributed by atoms with Gasteiger partial charge in [-0.2, -0.15) is 0 Å². The topological polar surface area (TPSA) is 58.2 Å². The zero-order chi connectivity index (χ0) is 24.7. The average molecular weight is 489 g/mol. The van der Waals surface area contributed by atoms with Gasteiger partial charge < -0.3 is 10.6 Å². The normalized spacial score (nSPS) is 43.3. The highest BCUT2D eigenvalue weighted by Crippen LogP contribution is 2.62. The summed E-state index contributed by atoms with van der Waals surface area (Å²) in [5.41, 5.74) is 1.58. The number of carbonyl (C=O) groups is 2. The number of amides is 2. The Labute approximate surface area is 216 Å². The molecule has 2 N–H and O–H groups in total. The lowest BCUT2D eigenvalue weighted by atomic mass is 9.48. The minimum Gasteiger partial charge on any atom is -0.349 e. The van der Waals surface area contributed by atoms with Crippen molar-refractivity contribution in [2.75, 3.05) is 0 Å². The number of nitrogens with one attached hydrogen (secondary N) is 2. The Hall–Kier alpha value is -1.84. The Morgan fingerprint density at radius 1 is 0.611 bits per heavy atom. The van der Waals surface area contributed by atoms with Gasteiger partial charge in [-0.3, -0.25) is 9.59 Å². The second-order valence-corrected chi connectivity index (χ2v) is 14.5. The van der Waals surface area contributed by atoms with Crippen molar-refractivity contribution in [1.82, 2.24) is 10.6 Å². The van der Waals surface area contributed by atoms with Gasteiger partial charge in [0, 0.05) is 12.1 Å². The largest absolute Gasteiger partial charge is 0.349 e. The Bertz CT molecular complexity index is 906. The van der Waals surface area contributed by atoms with Gasteiger partial charge in [0.25, 0.3) is 11.8 Å². The van der Waals surface area contributed by atoms with Crippen molar-refractivity contribution >= 4 is 11.8 Å². The molecule has 8 bridgehead atoms. The smallest absolute Gasteiger partial charge is 0.252 e. The van der Waals surface area contributed by atoms with E-state index in [1.165, 1.54) is 77.0 Å². The maximum absolute atomic E-state index is 13.6. The highest BCUT2D eigenvalue weighted by atomic mass is 16.2. The van der Waals surface area contributed by atoms with Crippen LogP contribution >= 0.6 is 0 Å². The fraction of sp³-hybridized carbons (Fsp3) is 0.750. The third-order valence-corrected chi connectivity index (χ3v) is 12.1. The summed E-state index contributed by atoms with van der Waals surface area (Å²) >= 11 is 0. The molecular formula is C32H44N2O2. The van der Waals surface area contributed by atoms with Crippen LogP contribution in [0.4, 0.5) is 0 Å². The van der Waals surface area contributed by atoms with Crippen LogP contribution in [0.5, 0.6) is 0 Å². The third kappa shape index (κ3) is 3.76. The van der Waals surface area contributed by atoms with Gasteiger partial charge in [-0.05, 0) is 149 Å². The first-order valence-electron chi connectivity index (χ1n) is 15.0. The SMILES string of the molecule is C[C@@H](NC(=O)c1ccccc1C(=O)N[C@H](C)C12CC3CC(CC(C3)C1)C2)C12CC3CC(CC(C3)C1)C2. The van der Waals surface area contributed by atoms with E-state index < -0.39 is 0 Å². The van der Waals surface area contributed by atoms with E-state index in [-0.39, 0.29) is 34.7 Å².